The van der Waals surface area contributed by atoms with Gasteiger partial charge in [0.25, 0.3) is 5.91 Å². The molecule has 0 atom stereocenters. The third-order valence-electron chi connectivity index (χ3n) is 8.75. The summed E-state index contributed by atoms with van der Waals surface area (Å²) >= 11 is 0. The normalized spacial score (nSPS) is 16.3. The number of halogens is 3. The molecule has 0 bridgehead atoms. The summed E-state index contributed by atoms with van der Waals surface area (Å²) in [5, 5.41) is 5.37. The van der Waals surface area contributed by atoms with Crippen molar-refractivity contribution in [3.8, 4) is 11.1 Å². The second-order valence-corrected chi connectivity index (χ2v) is 11.8. The molecule has 228 valence electrons. The van der Waals surface area contributed by atoms with Crippen LogP contribution >= 0.6 is 0 Å². The van der Waals surface area contributed by atoms with Crippen LogP contribution in [0, 0.1) is 0 Å². The zero-order chi connectivity index (χ0) is 30.6. The van der Waals surface area contributed by atoms with Gasteiger partial charge < -0.3 is 20.4 Å². The van der Waals surface area contributed by atoms with E-state index in [2.05, 4.69) is 15.5 Å². The molecule has 0 radical (unpaired) electrons. The van der Waals surface area contributed by atoms with Crippen molar-refractivity contribution in [3.05, 3.63) is 89.5 Å². The Morgan fingerprint density at radius 2 is 1.47 bits per heavy atom. The minimum Gasteiger partial charge on any atom is -0.378 e. The molecule has 2 aliphatic rings. The maximum atomic E-state index is 13.7. The van der Waals surface area contributed by atoms with Gasteiger partial charge in [0.05, 0.1) is 0 Å². The van der Waals surface area contributed by atoms with Crippen LogP contribution in [-0.2, 0) is 10.2 Å². The van der Waals surface area contributed by atoms with Crippen molar-refractivity contribution in [2.45, 2.75) is 49.7 Å². The fraction of sp³-hybridized carbons (Fsp3) is 0.412. The average Bonchev–Trinajstić information content (AvgIpc) is 3.29. The van der Waals surface area contributed by atoms with Crippen LogP contribution < -0.4 is 15.5 Å². The number of hydrogen-bond acceptors (Lipinski definition) is 4. The van der Waals surface area contributed by atoms with E-state index >= 15 is 0 Å². The van der Waals surface area contributed by atoms with Gasteiger partial charge in [-0.05, 0) is 78.7 Å². The van der Waals surface area contributed by atoms with Crippen molar-refractivity contribution >= 4 is 17.5 Å². The van der Waals surface area contributed by atoms with E-state index in [1.807, 2.05) is 91.8 Å². The van der Waals surface area contributed by atoms with Crippen molar-refractivity contribution in [1.82, 2.24) is 15.5 Å². The predicted octanol–water partition coefficient (Wildman–Crippen LogP) is 5.76. The van der Waals surface area contributed by atoms with Gasteiger partial charge in [0.1, 0.15) is 12.0 Å². The summed E-state index contributed by atoms with van der Waals surface area (Å²) in [6.45, 7) is 1.18. The molecule has 3 aromatic rings. The zero-order valence-corrected chi connectivity index (χ0v) is 24.7. The van der Waals surface area contributed by atoms with Crippen molar-refractivity contribution in [3.63, 3.8) is 0 Å². The molecule has 3 aromatic carbocycles. The zero-order valence-electron chi connectivity index (χ0n) is 24.7. The Balaban J connectivity index is 1.18. The van der Waals surface area contributed by atoms with Gasteiger partial charge in [-0.2, -0.15) is 13.2 Å². The fourth-order valence-corrected chi connectivity index (χ4v) is 6.49. The first-order chi connectivity index (χ1) is 20.6. The maximum Gasteiger partial charge on any atom is 0.405 e. The van der Waals surface area contributed by atoms with E-state index in [1.165, 1.54) is 0 Å². The molecule has 5 rings (SSSR count). The van der Waals surface area contributed by atoms with Crippen LogP contribution in [0.3, 0.4) is 0 Å². The summed E-state index contributed by atoms with van der Waals surface area (Å²) in [6, 6.07) is 22.8. The van der Waals surface area contributed by atoms with Crippen molar-refractivity contribution in [2.24, 2.45) is 0 Å². The molecule has 0 spiro atoms. The monoisotopic (exact) mass is 592 g/mol. The Labute approximate surface area is 251 Å². The Bertz CT molecular complexity index is 1380. The number of carbonyl (C=O) groups is 2. The summed E-state index contributed by atoms with van der Waals surface area (Å²) < 4.78 is 39.3. The summed E-state index contributed by atoms with van der Waals surface area (Å²) in [6.07, 6.45) is -0.867. The number of nitrogens with one attached hydrogen (secondary N) is 2. The standard InChI is InChI=1S/C34H39F3N4O2/c1-40(2)26-15-13-24(14-16-26)31(42)39-25-17-21-41(22-18-25)20-8-7-19-33(32(43)38-23-34(35,36)37)29-11-5-3-9-27(29)28-10-4-6-12-30(28)33/h3-6,9-16,25H,7-8,17-23H2,1-2H3,(H,38,43)(H,39,42). The second-order valence-electron chi connectivity index (χ2n) is 11.8. The highest BCUT2D eigenvalue weighted by atomic mass is 19.4. The van der Waals surface area contributed by atoms with Gasteiger partial charge in [0, 0.05) is 44.5 Å². The quantitative estimate of drug-likeness (QED) is 0.294. The van der Waals surface area contributed by atoms with Gasteiger partial charge >= 0.3 is 6.18 Å². The maximum absolute atomic E-state index is 13.7. The number of likely N-dealkylation sites (tertiary alicyclic amines) is 1. The highest BCUT2D eigenvalue weighted by Gasteiger charge is 2.49. The number of benzene rings is 3. The second kappa shape index (κ2) is 12.8. The van der Waals surface area contributed by atoms with E-state index < -0.39 is 24.0 Å². The molecule has 9 heteroatoms. The molecule has 2 amide bonds. The van der Waals surface area contributed by atoms with E-state index in [1.54, 1.807) is 0 Å². The van der Waals surface area contributed by atoms with Gasteiger partial charge in [0.15, 0.2) is 0 Å². The lowest BCUT2D eigenvalue weighted by Crippen LogP contribution is -2.47. The minimum atomic E-state index is -4.49. The van der Waals surface area contributed by atoms with Crippen molar-refractivity contribution in [2.75, 3.05) is 45.2 Å². The molecule has 1 aliphatic heterocycles. The van der Waals surface area contributed by atoms with Gasteiger partial charge in [0.2, 0.25) is 5.91 Å². The van der Waals surface area contributed by atoms with E-state index in [0.717, 1.165) is 66.8 Å². The molecule has 1 heterocycles. The molecule has 43 heavy (non-hydrogen) atoms. The van der Waals surface area contributed by atoms with Crippen molar-refractivity contribution in [1.29, 1.82) is 0 Å². The number of alkyl halides is 3. The lowest BCUT2D eigenvalue weighted by atomic mass is 9.73. The Morgan fingerprint density at radius 3 is 2.02 bits per heavy atom. The lowest BCUT2D eigenvalue weighted by molar-refractivity contribution is -0.141. The predicted molar refractivity (Wildman–Crippen MR) is 163 cm³/mol. The number of unbranched alkanes of at least 4 members (excludes halogenated alkanes) is 1. The molecule has 1 fully saturated rings. The number of fused-ring (bicyclic) bond motifs is 3. The van der Waals surface area contributed by atoms with Crippen LogP contribution in [0.15, 0.2) is 72.8 Å². The smallest absolute Gasteiger partial charge is 0.378 e. The van der Waals surface area contributed by atoms with E-state index in [0.29, 0.717) is 18.4 Å². The number of amides is 2. The summed E-state index contributed by atoms with van der Waals surface area (Å²) in [4.78, 5) is 30.7. The number of anilines is 1. The summed E-state index contributed by atoms with van der Waals surface area (Å²) in [5.41, 5.74) is 3.86. The third kappa shape index (κ3) is 6.72. The average molecular weight is 593 g/mol. The Morgan fingerprint density at radius 1 is 0.884 bits per heavy atom. The number of nitrogens with zero attached hydrogens (tertiary/aromatic N) is 2. The molecule has 2 N–H and O–H groups in total. The van der Waals surface area contributed by atoms with Crippen molar-refractivity contribution < 1.29 is 22.8 Å². The highest BCUT2D eigenvalue weighted by molar-refractivity contribution is 6.00. The van der Waals surface area contributed by atoms with Gasteiger partial charge in [-0.1, -0.05) is 55.0 Å². The summed E-state index contributed by atoms with van der Waals surface area (Å²) in [5.74, 6) is -0.662. The number of carbonyl (C=O) groups excluding carboxylic acids is 2. The van der Waals surface area contributed by atoms with E-state index in [9.17, 15) is 22.8 Å². The fourth-order valence-electron chi connectivity index (χ4n) is 6.49. The van der Waals surface area contributed by atoms with E-state index in [-0.39, 0.29) is 11.9 Å². The highest BCUT2D eigenvalue weighted by Crippen LogP contribution is 2.51. The van der Waals surface area contributed by atoms with Crippen LogP contribution in [0.4, 0.5) is 18.9 Å². The number of piperidine rings is 1. The molecular formula is C34H39F3N4O2. The first kappa shape index (κ1) is 30.6. The van der Waals surface area contributed by atoms with Crippen LogP contribution in [0.2, 0.25) is 0 Å². The minimum absolute atomic E-state index is 0.0602. The van der Waals surface area contributed by atoms with E-state index in [4.69, 9.17) is 0 Å². The summed E-state index contributed by atoms with van der Waals surface area (Å²) in [7, 11) is 3.92. The SMILES string of the molecule is CN(C)c1ccc(C(=O)NC2CCN(CCCCC3(C(=O)NCC(F)(F)F)c4ccccc4-c4ccccc43)CC2)cc1. The molecule has 0 saturated carbocycles. The first-order valence-corrected chi connectivity index (χ1v) is 14.9. The largest absolute Gasteiger partial charge is 0.405 e. The number of hydrogen-bond donors (Lipinski definition) is 2. The van der Waals surface area contributed by atoms with Gasteiger partial charge in [-0.25, -0.2) is 0 Å². The molecule has 1 aliphatic carbocycles. The first-order valence-electron chi connectivity index (χ1n) is 14.9. The van der Waals surface area contributed by atoms with Crippen LogP contribution in [-0.4, -0.2) is 69.2 Å². The Hall–Kier alpha value is -3.85. The molecule has 0 aromatic heterocycles. The molecule has 6 nitrogen and oxygen atoms in total. The lowest BCUT2D eigenvalue weighted by Gasteiger charge is -2.33. The Kier molecular flexibility index (Phi) is 9.11. The molecular weight excluding hydrogens is 553 g/mol. The van der Waals surface area contributed by atoms with Crippen LogP contribution in [0.25, 0.3) is 11.1 Å². The van der Waals surface area contributed by atoms with Crippen LogP contribution in [0.5, 0.6) is 0 Å². The topological polar surface area (TPSA) is 64.7 Å². The molecule has 0 unspecified atom stereocenters. The van der Waals surface area contributed by atoms with Gasteiger partial charge in [-0.3, -0.25) is 9.59 Å². The third-order valence-corrected chi connectivity index (χ3v) is 8.75. The number of rotatable bonds is 10. The van der Waals surface area contributed by atoms with Crippen LogP contribution in [0.1, 0.15) is 53.6 Å². The molecule has 1 saturated heterocycles. The van der Waals surface area contributed by atoms with Gasteiger partial charge in [-0.15, -0.1) is 0 Å².